The van der Waals surface area contributed by atoms with E-state index in [4.69, 9.17) is 9.47 Å². The first kappa shape index (κ1) is 24.3. The number of carbonyl (C=O) groups excluding carboxylic acids is 1. The molecule has 0 spiro atoms. The molecule has 0 bridgehead atoms. The summed E-state index contributed by atoms with van der Waals surface area (Å²) < 4.78 is 12.9. The number of fused-ring (bicyclic) bond motifs is 3. The van der Waals surface area contributed by atoms with Crippen molar-refractivity contribution in [3.8, 4) is 17.2 Å². The number of aryl methyl sites for hydroxylation is 3. The van der Waals surface area contributed by atoms with Crippen LogP contribution in [-0.2, 0) is 24.2 Å². The minimum Gasteiger partial charge on any atom is -0.493 e. The molecule has 1 amide bonds. The van der Waals surface area contributed by atoms with Crippen molar-refractivity contribution in [2.24, 2.45) is 0 Å². The summed E-state index contributed by atoms with van der Waals surface area (Å²) in [5.74, 6) is 3.41. The van der Waals surface area contributed by atoms with E-state index in [1.807, 2.05) is 25.1 Å². The summed E-state index contributed by atoms with van der Waals surface area (Å²) in [5, 5.41) is 11.6. The van der Waals surface area contributed by atoms with Gasteiger partial charge >= 0.3 is 0 Å². The molecule has 2 aliphatic heterocycles. The lowest BCUT2D eigenvalue weighted by molar-refractivity contribution is -0.117. The molecule has 0 aliphatic carbocycles. The van der Waals surface area contributed by atoms with Crippen molar-refractivity contribution < 1.29 is 14.3 Å². The average molecular weight is 491 g/mol. The van der Waals surface area contributed by atoms with Gasteiger partial charge in [0, 0.05) is 31.7 Å². The van der Waals surface area contributed by atoms with E-state index in [9.17, 15) is 4.79 Å². The van der Waals surface area contributed by atoms with E-state index in [0.717, 1.165) is 86.5 Å². The van der Waals surface area contributed by atoms with Crippen LogP contribution in [0.25, 0.3) is 5.69 Å². The lowest BCUT2D eigenvalue weighted by Gasteiger charge is -2.22. The Kier molecular flexibility index (Phi) is 7.20. The number of anilines is 1. The quantitative estimate of drug-likeness (QED) is 0.545. The lowest BCUT2D eigenvalue weighted by Crippen LogP contribution is -2.36. The molecule has 5 rings (SSSR count). The SMILES string of the molecule is COc1ccc(CN2CCCN(CC(=O)Nc3ccc4c(c3)CCc3nnc(C)n3-4)CC2)cc1OC. The zero-order valence-corrected chi connectivity index (χ0v) is 21.3. The molecule has 3 aromatic rings. The van der Waals surface area contributed by atoms with Gasteiger partial charge in [-0.25, -0.2) is 0 Å². The highest BCUT2D eigenvalue weighted by molar-refractivity contribution is 5.92. The molecule has 9 heteroatoms. The summed E-state index contributed by atoms with van der Waals surface area (Å²) in [5.41, 5.74) is 4.36. The number of rotatable bonds is 7. The molecule has 1 saturated heterocycles. The van der Waals surface area contributed by atoms with E-state index < -0.39 is 0 Å². The number of aromatic nitrogens is 3. The standard InChI is InChI=1S/C27H34N6O3/c1-19-29-30-26-10-6-21-16-22(7-8-23(21)33(19)26)28-27(34)18-32-12-4-11-31(13-14-32)17-20-5-9-24(35-2)25(15-20)36-3/h5,7-9,15-16H,4,6,10-14,17-18H2,1-3H3,(H,28,34). The lowest BCUT2D eigenvalue weighted by atomic mass is 10.0. The molecule has 36 heavy (non-hydrogen) atoms. The van der Waals surface area contributed by atoms with Crippen molar-refractivity contribution in [3.05, 3.63) is 59.2 Å². The van der Waals surface area contributed by atoms with Crippen LogP contribution in [0.1, 0.15) is 29.2 Å². The maximum Gasteiger partial charge on any atom is 0.238 e. The second-order valence-corrected chi connectivity index (χ2v) is 9.49. The van der Waals surface area contributed by atoms with Crippen molar-refractivity contribution in [2.75, 3.05) is 52.3 Å². The first-order valence-corrected chi connectivity index (χ1v) is 12.5. The van der Waals surface area contributed by atoms with Crippen molar-refractivity contribution in [2.45, 2.75) is 32.7 Å². The van der Waals surface area contributed by atoms with Gasteiger partial charge in [-0.2, -0.15) is 0 Å². The van der Waals surface area contributed by atoms with Crippen LogP contribution in [0.5, 0.6) is 11.5 Å². The Morgan fingerprint density at radius 1 is 0.944 bits per heavy atom. The number of hydrogen-bond acceptors (Lipinski definition) is 7. The van der Waals surface area contributed by atoms with Crippen molar-refractivity contribution in [1.29, 1.82) is 0 Å². The summed E-state index contributed by atoms with van der Waals surface area (Å²) in [7, 11) is 3.31. The van der Waals surface area contributed by atoms with Gasteiger partial charge in [-0.05, 0) is 74.3 Å². The van der Waals surface area contributed by atoms with Crippen LogP contribution in [0.15, 0.2) is 36.4 Å². The van der Waals surface area contributed by atoms with Gasteiger partial charge < -0.3 is 14.8 Å². The van der Waals surface area contributed by atoms with Crippen LogP contribution in [0.4, 0.5) is 5.69 Å². The molecule has 0 atom stereocenters. The van der Waals surface area contributed by atoms with Gasteiger partial charge in [-0.15, -0.1) is 10.2 Å². The molecule has 1 N–H and O–H groups in total. The molecule has 190 valence electrons. The van der Waals surface area contributed by atoms with Gasteiger partial charge in [0.15, 0.2) is 11.5 Å². The van der Waals surface area contributed by atoms with Crippen LogP contribution in [0.3, 0.4) is 0 Å². The maximum absolute atomic E-state index is 12.9. The largest absolute Gasteiger partial charge is 0.493 e. The smallest absolute Gasteiger partial charge is 0.238 e. The first-order chi connectivity index (χ1) is 17.5. The van der Waals surface area contributed by atoms with Gasteiger partial charge in [0.05, 0.1) is 26.5 Å². The number of nitrogens with one attached hydrogen (secondary N) is 1. The van der Waals surface area contributed by atoms with Crippen molar-refractivity contribution in [1.82, 2.24) is 24.6 Å². The van der Waals surface area contributed by atoms with Gasteiger partial charge in [0.2, 0.25) is 5.91 Å². The third-order valence-electron chi connectivity index (χ3n) is 7.02. The van der Waals surface area contributed by atoms with Crippen LogP contribution < -0.4 is 14.8 Å². The zero-order chi connectivity index (χ0) is 25.1. The van der Waals surface area contributed by atoms with E-state index >= 15 is 0 Å². The molecule has 3 heterocycles. The summed E-state index contributed by atoms with van der Waals surface area (Å²) in [6.45, 7) is 6.91. The van der Waals surface area contributed by atoms with E-state index in [2.05, 4.69) is 48.1 Å². The Balaban J connectivity index is 1.15. The van der Waals surface area contributed by atoms with Crippen LogP contribution in [0, 0.1) is 6.92 Å². The number of methoxy groups -OCH3 is 2. The number of hydrogen-bond donors (Lipinski definition) is 1. The molecular weight excluding hydrogens is 456 g/mol. The van der Waals surface area contributed by atoms with E-state index in [1.54, 1.807) is 14.2 Å². The van der Waals surface area contributed by atoms with Gasteiger partial charge in [-0.1, -0.05) is 6.07 Å². The Bertz CT molecular complexity index is 1240. The molecular formula is C27H34N6O3. The molecule has 1 aromatic heterocycles. The fourth-order valence-corrected chi connectivity index (χ4v) is 5.19. The highest BCUT2D eigenvalue weighted by Crippen LogP contribution is 2.29. The maximum atomic E-state index is 12.9. The number of amides is 1. The molecule has 2 aromatic carbocycles. The third-order valence-corrected chi connectivity index (χ3v) is 7.02. The Morgan fingerprint density at radius 3 is 2.58 bits per heavy atom. The summed E-state index contributed by atoms with van der Waals surface area (Å²) in [6.07, 6.45) is 2.79. The Hall–Kier alpha value is -3.43. The van der Waals surface area contributed by atoms with E-state index in [0.29, 0.717) is 6.54 Å². The van der Waals surface area contributed by atoms with Crippen LogP contribution in [-0.4, -0.2) is 77.4 Å². The predicted octanol–water partition coefficient (Wildman–Crippen LogP) is 2.84. The fourth-order valence-electron chi connectivity index (χ4n) is 5.19. The number of carbonyl (C=O) groups is 1. The van der Waals surface area contributed by atoms with Crippen molar-refractivity contribution >= 4 is 11.6 Å². The van der Waals surface area contributed by atoms with Crippen molar-refractivity contribution in [3.63, 3.8) is 0 Å². The number of ether oxygens (including phenoxy) is 2. The fraction of sp³-hybridized carbons (Fsp3) is 0.444. The average Bonchev–Trinajstić information content (AvgIpc) is 3.13. The minimum atomic E-state index is 0.0280. The molecule has 1 fully saturated rings. The molecule has 9 nitrogen and oxygen atoms in total. The second-order valence-electron chi connectivity index (χ2n) is 9.49. The molecule has 2 aliphatic rings. The number of benzene rings is 2. The van der Waals surface area contributed by atoms with Gasteiger partial charge in [-0.3, -0.25) is 19.2 Å². The molecule has 0 radical (unpaired) electrons. The monoisotopic (exact) mass is 490 g/mol. The van der Waals surface area contributed by atoms with Gasteiger partial charge in [0.1, 0.15) is 11.6 Å². The summed E-state index contributed by atoms with van der Waals surface area (Å²) >= 11 is 0. The topological polar surface area (TPSA) is 84.8 Å². The van der Waals surface area contributed by atoms with Gasteiger partial charge in [0.25, 0.3) is 0 Å². The molecule has 0 unspecified atom stereocenters. The summed E-state index contributed by atoms with van der Waals surface area (Å²) in [4.78, 5) is 17.5. The van der Waals surface area contributed by atoms with E-state index in [1.165, 1.54) is 11.1 Å². The second kappa shape index (κ2) is 10.7. The van der Waals surface area contributed by atoms with Crippen LogP contribution in [0.2, 0.25) is 0 Å². The first-order valence-electron chi connectivity index (χ1n) is 12.5. The Morgan fingerprint density at radius 2 is 1.75 bits per heavy atom. The Labute approximate surface area is 212 Å². The summed E-state index contributed by atoms with van der Waals surface area (Å²) in [6, 6.07) is 12.2. The number of nitrogens with zero attached hydrogens (tertiary/aromatic N) is 5. The van der Waals surface area contributed by atoms with Crippen LogP contribution >= 0.6 is 0 Å². The predicted molar refractivity (Wildman–Crippen MR) is 138 cm³/mol. The zero-order valence-electron chi connectivity index (χ0n) is 21.3. The molecule has 0 saturated carbocycles. The normalized spacial score (nSPS) is 16.1. The highest BCUT2D eigenvalue weighted by Gasteiger charge is 2.21. The highest BCUT2D eigenvalue weighted by atomic mass is 16.5. The minimum absolute atomic E-state index is 0.0280. The third kappa shape index (κ3) is 5.22. The van der Waals surface area contributed by atoms with E-state index in [-0.39, 0.29) is 5.91 Å².